The second-order valence-corrected chi connectivity index (χ2v) is 5.27. The Morgan fingerprint density at radius 3 is 2.67 bits per heavy atom. The van der Waals surface area contributed by atoms with Crippen molar-refractivity contribution in [1.29, 1.82) is 0 Å². The lowest BCUT2D eigenvalue weighted by atomic mass is 10.1. The van der Waals surface area contributed by atoms with Gasteiger partial charge in [-0.2, -0.15) is 0 Å². The topological polar surface area (TPSA) is 54.0 Å². The Morgan fingerprint density at radius 1 is 1.29 bits per heavy atom. The molecule has 1 aromatic heterocycles. The highest BCUT2D eigenvalue weighted by Gasteiger charge is 2.12. The van der Waals surface area contributed by atoms with Gasteiger partial charge in [-0.3, -0.25) is 4.79 Å². The van der Waals surface area contributed by atoms with Gasteiger partial charge in [-0.1, -0.05) is 41.9 Å². The molecule has 0 aliphatic carbocycles. The molecule has 1 heterocycles. The van der Waals surface area contributed by atoms with Gasteiger partial charge in [-0.15, -0.1) is 0 Å². The third-order valence-corrected chi connectivity index (χ3v) is 3.27. The number of rotatable bonds is 5. The summed E-state index contributed by atoms with van der Waals surface area (Å²) in [4.78, 5) is 16.3. The number of hydrogen-bond acceptors (Lipinski definition) is 3. The van der Waals surface area contributed by atoms with Crippen LogP contribution in [-0.4, -0.2) is 24.0 Å². The maximum Gasteiger partial charge on any atom is 0.251 e. The zero-order chi connectivity index (χ0) is 15.2. The lowest BCUT2D eigenvalue weighted by Crippen LogP contribution is -2.34. The second kappa shape index (κ2) is 7.09. The number of halogens is 1. The van der Waals surface area contributed by atoms with Crippen molar-refractivity contribution in [2.24, 2.45) is 0 Å². The first-order chi connectivity index (χ1) is 10.1. The first kappa shape index (κ1) is 15.3. The van der Waals surface area contributed by atoms with Crippen LogP contribution in [0.25, 0.3) is 0 Å². The Hall–Kier alpha value is -2.07. The molecule has 0 aliphatic heterocycles. The van der Waals surface area contributed by atoms with Crippen LogP contribution in [0.3, 0.4) is 0 Å². The number of carbonyl (C=O) groups excluding carboxylic acids is 1. The van der Waals surface area contributed by atoms with E-state index in [0.29, 0.717) is 16.5 Å². The smallest absolute Gasteiger partial charge is 0.251 e. The summed E-state index contributed by atoms with van der Waals surface area (Å²) < 4.78 is 0. The van der Waals surface area contributed by atoms with Crippen molar-refractivity contribution in [3.05, 3.63) is 58.7 Å². The molecule has 21 heavy (non-hydrogen) atoms. The summed E-state index contributed by atoms with van der Waals surface area (Å²) in [6.45, 7) is 1.98. The van der Waals surface area contributed by atoms with Crippen molar-refractivity contribution in [2.75, 3.05) is 12.4 Å². The van der Waals surface area contributed by atoms with E-state index in [1.807, 2.05) is 37.3 Å². The van der Waals surface area contributed by atoms with E-state index in [1.165, 1.54) is 5.56 Å². The van der Waals surface area contributed by atoms with E-state index in [9.17, 15) is 4.79 Å². The zero-order valence-electron chi connectivity index (χ0n) is 12.1. The summed E-state index contributed by atoms with van der Waals surface area (Å²) in [7, 11) is 1.73. The predicted octanol–water partition coefficient (Wildman–Crippen LogP) is 3.14. The molecule has 0 aliphatic rings. The van der Waals surface area contributed by atoms with Crippen molar-refractivity contribution in [1.82, 2.24) is 10.3 Å². The van der Waals surface area contributed by atoms with Crippen molar-refractivity contribution in [3.63, 3.8) is 0 Å². The van der Waals surface area contributed by atoms with Gasteiger partial charge in [-0.25, -0.2) is 4.98 Å². The molecular weight excluding hydrogens is 286 g/mol. The van der Waals surface area contributed by atoms with Crippen molar-refractivity contribution < 1.29 is 4.79 Å². The summed E-state index contributed by atoms with van der Waals surface area (Å²) in [6, 6.07) is 13.3. The molecule has 0 saturated heterocycles. The number of carbonyl (C=O) groups is 1. The second-order valence-electron chi connectivity index (χ2n) is 4.88. The molecule has 1 aromatic carbocycles. The van der Waals surface area contributed by atoms with Gasteiger partial charge in [-0.05, 0) is 31.0 Å². The predicted molar refractivity (Wildman–Crippen MR) is 85.9 cm³/mol. The summed E-state index contributed by atoms with van der Waals surface area (Å²) in [5.41, 5.74) is 1.69. The summed E-state index contributed by atoms with van der Waals surface area (Å²) in [5.74, 6) is 0.419. The molecule has 0 saturated carbocycles. The molecule has 110 valence electrons. The third kappa shape index (κ3) is 4.46. The van der Waals surface area contributed by atoms with Crippen LogP contribution in [0.5, 0.6) is 0 Å². The average molecular weight is 304 g/mol. The lowest BCUT2D eigenvalue weighted by molar-refractivity contribution is 0.0940. The standard InChI is InChI=1S/C16H18ClN3O/c1-11(8-12-6-4-3-5-7-12)19-16(21)13-9-14(17)20-15(10-13)18-2/h3-7,9-11H,8H2,1-2H3,(H,18,20)(H,19,21). The Balaban J connectivity index is 2.02. The highest BCUT2D eigenvalue weighted by molar-refractivity contribution is 6.29. The van der Waals surface area contributed by atoms with Crippen LogP contribution >= 0.6 is 11.6 Å². The molecule has 0 bridgehead atoms. The quantitative estimate of drug-likeness (QED) is 0.834. The van der Waals surface area contributed by atoms with Crippen LogP contribution in [-0.2, 0) is 6.42 Å². The van der Waals surface area contributed by atoms with Crippen LogP contribution in [0.15, 0.2) is 42.5 Å². The molecule has 5 heteroatoms. The van der Waals surface area contributed by atoms with Crippen LogP contribution in [0.1, 0.15) is 22.8 Å². The number of anilines is 1. The number of nitrogens with one attached hydrogen (secondary N) is 2. The normalized spacial score (nSPS) is 11.8. The van der Waals surface area contributed by atoms with E-state index in [-0.39, 0.29) is 11.9 Å². The Morgan fingerprint density at radius 2 is 2.00 bits per heavy atom. The van der Waals surface area contributed by atoms with Crippen molar-refractivity contribution in [2.45, 2.75) is 19.4 Å². The van der Waals surface area contributed by atoms with E-state index in [1.54, 1.807) is 19.2 Å². The SMILES string of the molecule is CNc1cc(C(=O)NC(C)Cc2ccccc2)cc(Cl)n1. The van der Waals surface area contributed by atoms with Gasteiger partial charge in [0, 0.05) is 18.7 Å². The average Bonchev–Trinajstić information content (AvgIpc) is 2.47. The van der Waals surface area contributed by atoms with E-state index in [2.05, 4.69) is 15.6 Å². The molecule has 1 atom stereocenters. The Bertz CT molecular complexity index is 616. The minimum Gasteiger partial charge on any atom is -0.373 e. The molecule has 2 aromatic rings. The third-order valence-electron chi connectivity index (χ3n) is 3.07. The van der Waals surface area contributed by atoms with Crippen molar-refractivity contribution >= 4 is 23.3 Å². The summed E-state index contributed by atoms with van der Waals surface area (Å²) in [6.07, 6.45) is 0.782. The molecule has 4 nitrogen and oxygen atoms in total. The van der Waals surface area contributed by atoms with Gasteiger partial charge < -0.3 is 10.6 Å². The number of amides is 1. The first-order valence-corrected chi connectivity index (χ1v) is 7.16. The number of hydrogen-bond donors (Lipinski definition) is 2. The highest BCUT2D eigenvalue weighted by Crippen LogP contribution is 2.14. The zero-order valence-corrected chi connectivity index (χ0v) is 12.8. The monoisotopic (exact) mass is 303 g/mol. The minimum atomic E-state index is -0.153. The van der Waals surface area contributed by atoms with Gasteiger partial charge in [0.25, 0.3) is 5.91 Å². The van der Waals surface area contributed by atoms with Crippen molar-refractivity contribution in [3.8, 4) is 0 Å². The highest BCUT2D eigenvalue weighted by atomic mass is 35.5. The van der Waals surface area contributed by atoms with Gasteiger partial charge in [0.2, 0.25) is 0 Å². The summed E-state index contributed by atoms with van der Waals surface area (Å²) >= 11 is 5.91. The number of benzene rings is 1. The lowest BCUT2D eigenvalue weighted by Gasteiger charge is -2.14. The van der Waals surface area contributed by atoms with E-state index in [0.717, 1.165) is 6.42 Å². The fourth-order valence-corrected chi connectivity index (χ4v) is 2.29. The fourth-order valence-electron chi connectivity index (χ4n) is 2.08. The van der Waals surface area contributed by atoms with Gasteiger partial charge in [0.05, 0.1) is 0 Å². The van der Waals surface area contributed by atoms with Gasteiger partial charge in [0.15, 0.2) is 0 Å². The number of pyridine rings is 1. The molecule has 2 N–H and O–H groups in total. The largest absolute Gasteiger partial charge is 0.373 e. The van der Waals surface area contributed by atoms with Gasteiger partial charge >= 0.3 is 0 Å². The molecule has 2 rings (SSSR count). The molecular formula is C16H18ClN3O. The van der Waals surface area contributed by atoms with E-state index < -0.39 is 0 Å². The summed E-state index contributed by atoms with van der Waals surface area (Å²) in [5, 5.41) is 6.14. The maximum absolute atomic E-state index is 12.2. The molecule has 0 radical (unpaired) electrons. The van der Waals surface area contributed by atoms with Crippen LogP contribution in [0.4, 0.5) is 5.82 Å². The van der Waals surface area contributed by atoms with E-state index >= 15 is 0 Å². The minimum absolute atomic E-state index is 0.0323. The molecule has 0 spiro atoms. The molecule has 1 unspecified atom stereocenters. The van der Waals surface area contributed by atoms with Gasteiger partial charge in [0.1, 0.15) is 11.0 Å². The van der Waals surface area contributed by atoms with Crippen LogP contribution in [0, 0.1) is 0 Å². The molecule has 1 amide bonds. The van der Waals surface area contributed by atoms with Crippen LogP contribution in [0.2, 0.25) is 5.15 Å². The fraction of sp³-hybridized carbons (Fsp3) is 0.250. The Labute approximate surface area is 129 Å². The molecule has 0 fully saturated rings. The van der Waals surface area contributed by atoms with Crippen LogP contribution < -0.4 is 10.6 Å². The maximum atomic E-state index is 12.2. The number of nitrogens with zero attached hydrogens (tertiary/aromatic N) is 1. The first-order valence-electron chi connectivity index (χ1n) is 6.78. The Kier molecular flexibility index (Phi) is 5.17. The van der Waals surface area contributed by atoms with E-state index in [4.69, 9.17) is 11.6 Å². The number of aromatic nitrogens is 1.